The molecule has 3 atom stereocenters. The quantitative estimate of drug-likeness (QED) is 0.886. The largest absolute Gasteiger partial charge is 0.337 e. The second kappa shape index (κ2) is 7.60. The Balaban J connectivity index is 1.40. The van der Waals surface area contributed by atoms with Crippen LogP contribution in [0.2, 0.25) is 0 Å². The van der Waals surface area contributed by atoms with Crippen molar-refractivity contribution in [3.05, 3.63) is 53.9 Å². The lowest BCUT2D eigenvalue weighted by molar-refractivity contribution is 0.0636. The number of likely N-dealkylation sites (tertiary alicyclic amines) is 1. The molecule has 6 heteroatoms. The molecule has 0 spiro atoms. The van der Waals surface area contributed by atoms with Crippen molar-refractivity contribution in [2.75, 3.05) is 13.1 Å². The van der Waals surface area contributed by atoms with E-state index in [0.29, 0.717) is 23.7 Å². The number of aromatic nitrogens is 2. The number of carbonyl (C=O) groups is 1. The highest BCUT2D eigenvalue weighted by Crippen LogP contribution is 2.30. The van der Waals surface area contributed by atoms with Gasteiger partial charge < -0.3 is 4.90 Å². The third kappa shape index (κ3) is 3.39. The van der Waals surface area contributed by atoms with Crippen LogP contribution in [0.15, 0.2) is 42.6 Å². The molecule has 4 rings (SSSR count). The predicted octanol–water partition coefficient (Wildman–Crippen LogP) is 2.36. The average Bonchev–Trinajstić information content (AvgIpc) is 3.37. The van der Waals surface area contributed by atoms with Crippen LogP contribution in [0.5, 0.6) is 0 Å². The van der Waals surface area contributed by atoms with Crippen molar-refractivity contribution in [3.8, 4) is 0 Å². The first-order valence-corrected chi connectivity index (χ1v) is 9.63. The van der Waals surface area contributed by atoms with Crippen molar-refractivity contribution in [2.45, 2.75) is 44.8 Å². The van der Waals surface area contributed by atoms with Gasteiger partial charge in [0.05, 0.1) is 0 Å². The Morgan fingerprint density at radius 2 is 2.08 bits per heavy atom. The van der Waals surface area contributed by atoms with Gasteiger partial charge in [-0.25, -0.2) is 0 Å². The molecule has 2 N–H and O–H groups in total. The van der Waals surface area contributed by atoms with Crippen LogP contribution in [0.3, 0.4) is 0 Å². The minimum atomic E-state index is 0.111. The van der Waals surface area contributed by atoms with E-state index < -0.39 is 0 Å². The summed E-state index contributed by atoms with van der Waals surface area (Å²) in [6.07, 6.45) is 5.00. The normalized spacial score (nSPS) is 26.2. The molecule has 0 saturated carbocycles. The summed E-state index contributed by atoms with van der Waals surface area (Å²) in [5.41, 5.74) is 8.95. The number of hydrogen-bond donors (Lipinski definition) is 2. The number of nitrogens with zero attached hydrogens (tertiary/aromatic N) is 3. The molecular formula is C20H27N5O. The number of amides is 1. The monoisotopic (exact) mass is 353 g/mol. The molecule has 0 radical (unpaired) electrons. The van der Waals surface area contributed by atoms with Crippen molar-refractivity contribution < 1.29 is 4.79 Å². The SMILES string of the molecule is CCn1nccc1C(=O)N1CCCC(C2CC(c3ccccc3)NN2)C1. The molecule has 1 amide bonds. The number of benzene rings is 1. The number of hydrogen-bond acceptors (Lipinski definition) is 4. The Kier molecular flexibility index (Phi) is 5.04. The zero-order chi connectivity index (χ0) is 17.9. The lowest BCUT2D eigenvalue weighted by Crippen LogP contribution is -2.47. The molecule has 26 heavy (non-hydrogen) atoms. The van der Waals surface area contributed by atoms with Gasteiger partial charge in [-0.1, -0.05) is 30.3 Å². The van der Waals surface area contributed by atoms with Gasteiger partial charge in [0.2, 0.25) is 0 Å². The van der Waals surface area contributed by atoms with Crippen molar-refractivity contribution >= 4 is 5.91 Å². The van der Waals surface area contributed by atoms with Crippen molar-refractivity contribution in [1.82, 2.24) is 25.5 Å². The van der Waals surface area contributed by atoms with E-state index in [1.807, 2.05) is 17.9 Å². The zero-order valence-electron chi connectivity index (χ0n) is 15.3. The molecule has 2 aliphatic heterocycles. The number of piperidine rings is 1. The molecule has 1 aromatic carbocycles. The van der Waals surface area contributed by atoms with E-state index in [1.165, 1.54) is 5.56 Å². The van der Waals surface area contributed by atoms with Crippen LogP contribution in [-0.4, -0.2) is 39.7 Å². The number of nitrogens with one attached hydrogen (secondary N) is 2. The molecule has 0 aliphatic carbocycles. The maximum atomic E-state index is 12.9. The molecular weight excluding hydrogens is 326 g/mol. The van der Waals surface area contributed by atoms with E-state index in [0.717, 1.165) is 38.9 Å². The van der Waals surface area contributed by atoms with Crippen LogP contribution in [0.4, 0.5) is 0 Å². The van der Waals surface area contributed by atoms with E-state index in [9.17, 15) is 4.79 Å². The first-order valence-electron chi connectivity index (χ1n) is 9.63. The molecule has 2 aromatic rings. The summed E-state index contributed by atoms with van der Waals surface area (Å²) in [4.78, 5) is 14.9. The summed E-state index contributed by atoms with van der Waals surface area (Å²) >= 11 is 0. The number of hydrazine groups is 1. The van der Waals surface area contributed by atoms with Gasteiger partial charge in [-0.15, -0.1) is 0 Å². The molecule has 138 valence electrons. The van der Waals surface area contributed by atoms with Crippen LogP contribution in [0.1, 0.15) is 48.3 Å². The highest BCUT2D eigenvalue weighted by Gasteiger charge is 2.35. The first-order chi connectivity index (χ1) is 12.8. The van der Waals surface area contributed by atoms with E-state index in [1.54, 1.807) is 10.9 Å². The lowest BCUT2D eigenvalue weighted by Gasteiger charge is -2.35. The molecule has 6 nitrogen and oxygen atoms in total. The van der Waals surface area contributed by atoms with E-state index in [4.69, 9.17) is 0 Å². The fourth-order valence-electron chi connectivity index (χ4n) is 4.25. The van der Waals surface area contributed by atoms with Gasteiger partial charge in [-0.05, 0) is 43.7 Å². The highest BCUT2D eigenvalue weighted by molar-refractivity contribution is 5.92. The van der Waals surface area contributed by atoms with Gasteiger partial charge in [-0.3, -0.25) is 20.3 Å². The molecule has 3 unspecified atom stereocenters. The Morgan fingerprint density at radius 3 is 2.88 bits per heavy atom. The summed E-state index contributed by atoms with van der Waals surface area (Å²) in [5.74, 6) is 0.589. The minimum Gasteiger partial charge on any atom is -0.337 e. The summed E-state index contributed by atoms with van der Waals surface area (Å²) < 4.78 is 1.78. The Hall–Kier alpha value is -2.18. The minimum absolute atomic E-state index is 0.111. The van der Waals surface area contributed by atoms with E-state index in [-0.39, 0.29) is 5.91 Å². The predicted molar refractivity (Wildman–Crippen MR) is 100 cm³/mol. The van der Waals surface area contributed by atoms with Gasteiger partial charge in [0.1, 0.15) is 5.69 Å². The van der Waals surface area contributed by atoms with Crippen LogP contribution >= 0.6 is 0 Å². The molecule has 1 aromatic heterocycles. The standard InChI is InChI=1S/C20H27N5O/c1-2-25-19(10-11-21-25)20(26)24-12-6-9-16(14-24)18-13-17(22-23-18)15-7-4-3-5-8-15/h3-5,7-8,10-11,16-18,22-23H,2,6,9,12-14H2,1H3. The maximum Gasteiger partial charge on any atom is 0.272 e. The molecule has 2 aliphatic rings. The fourth-order valence-corrected chi connectivity index (χ4v) is 4.25. The molecule has 3 heterocycles. The van der Waals surface area contributed by atoms with Crippen molar-refractivity contribution in [3.63, 3.8) is 0 Å². The average molecular weight is 353 g/mol. The number of rotatable bonds is 4. The lowest BCUT2D eigenvalue weighted by atomic mass is 9.87. The summed E-state index contributed by atoms with van der Waals surface area (Å²) in [6, 6.07) is 13.1. The van der Waals surface area contributed by atoms with Crippen LogP contribution in [0, 0.1) is 5.92 Å². The Morgan fingerprint density at radius 1 is 1.23 bits per heavy atom. The number of aryl methyl sites for hydroxylation is 1. The third-order valence-corrected chi connectivity index (χ3v) is 5.68. The Bertz CT molecular complexity index is 744. The third-order valence-electron chi connectivity index (χ3n) is 5.68. The molecule has 2 fully saturated rings. The van der Waals surface area contributed by atoms with Crippen molar-refractivity contribution in [2.24, 2.45) is 5.92 Å². The topological polar surface area (TPSA) is 62.2 Å². The second-order valence-electron chi connectivity index (χ2n) is 7.28. The van der Waals surface area contributed by atoms with Gasteiger partial charge in [0.25, 0.3) is 5.91 Å². The first kappa shape index (κ1) is 17.2. The smallest absolute Gasteiger partial charge is 0.272 e. The van der Waals surface area contributed by atoms with Crippen LogP contribution < -0.4 is 10.9 Å². The van der Waals surface area contributed by atoms with Crippen LogP contribution in [-0.2, 0) is 6.54 Å². The summed E-state index contributed by atoms with van der Waals surface area (Å²) in [5, 5.41) is 4.24. The van der Waals surface area contributed by atoms with E-state index >= 15 is 0 Å². The van der Waals surface area contributed by atoms with Gasteiger partial charge in [0, 0.05) is 37.9 Å². The Labute approximate surface area is 154 Å². The molecule has 0 bridgehead atoms. The summed E-state index contributed by atoms with van der Waals surface area (Å²) in [6.45, 7) is 4.39. The fraction of sp³-hybridized carbons (Fsp3) is 0.500. The highest BCUT2D eigenvalue weighted by atomic mass is 16.2. The van der Waals surface area contributed by atoms with Crippen molar-refractivity contribution in [1.29, 1.82) is 0 Å². The van der Waals surface area contributed by atoms with E-state index in [2.05, 4.69) is 46.3 Å². The van der Waals surface area contributed by atoms with Crippen LogP contribution in [0.25, 0.3) is 0 Å². The molecule has 2 saturated heterocycles. The van der Waals surface area contributed by atoms with Gasteiger partial charge in [-0.2, -0.15) is 5.10 Å². The number of carbonyl (C=O) groups excluding carboxylic acids is 1. The maximum absolute atomic E-state index is 12.9. The zero-order valence-corrected chi connectivity index (χ0v) is 15.3. The van der Waals surface area contributed by atoms with Gasteiger partial charge >= 0.3 is 0 Å². The second-order valence-corrected chi connectivity index (χ2v) is 7.28. The summed E-state index contributed by atoms with van der Waals surface area (Å²) in [7, 11) is 0. The van der Waals surface area contributed by atoms with Gasteiger partial charge in [0.15, 0.2) is 0 Å².